The first-order chi connectivity index (χ1) is 10.6. The number of carbonyl (C=O) groups is 1. The smallest absolute Gasteiger partial charge is 0.341 e. The van der Waals surface area contributed by atoms with Crippen molar-refractivity contribution in [1.29, 1.82) is 0 Å². The van der Waals surface area contributed by atoms with Crippen molar-refractivity contribution in [3.8, 4) is 5.69 Å². The molecule has 0 aliphatic heterocycles. The number of hydrogen-bond donors (Lipinski definition) is 1. The number of nitrogens with two attached hydrogens (primary N) is 1. The van der Waals surface area contributed by atoms with E-state index in [9.17, 15) is 4.79 Å². The molecule has 2 aromatic rings. The van der Waals surface area contributed by atoms with Crippen molar-refractivity contribution in [2.24, 2.45) is 5.73 Å². The van der Waals surface area contributed by atoms with Crippen LogP contribution in [-0.4, -0.2) is 28.9 Å². The Morgan fingerprint density at radius 1 is 1.45 bits per heavy atom. The van der Waals surface area contributed by atoms with E-state index in [-0.39, 0.29) is 17.9 Å². The quantitative estimate of drug-likeness (QED) is 0.850. The van der Waals surface area contributed by atoms with E-state index in [0.29, 0.717) is 5.56 Å². The average molecular weight is 364 g/mol. The summed E-state index contributed by atoms with van der Waals surface area (Å²) in [5.74, 6) is -0.123. The van der Waals surface area contributed by atoms with Crippen LogP contribution >= 0.6 is 15.9 Å². The van der Waals surface area contributed by atoms with Crippen LogP contribution in [0.5, 0.6) is 0 Å². The first-order valence-corrected chi connectivity index (χ1v) is 8.07. The molecule has 0 bridgehead atoms. The fourth-order valence-corrected chi connectivity index (χ4v) is 3.48. The normalized spacial score (nSPS) is 21.0. The molecule has 22 heavy (non-hydrogen) atoms. The molecule has 0 radical (unpaired) electrons. The lowest BCUT2D eigenvalue weighted by Crippen LogP contribution is -2.16. The number of nitrogens with zero attached hydrogens (tertiary/aromatic N) is 2. The van der Waals surface area contributed by atoms with Crippen molar-refractivity contribution >= 4 is 21.9 Å². The number of ether oxygens (including phenoxy) is 1. The van der Waals surface area contributed by atoms with Gasteiger partial charge in [-0.3, -0.25) is 0 Å². The fourth-order valence-electron chi connectivity index (χ4n) is 3.10. The molecule has 1 heterocycles. The molecule has 1 aliphatic rings. The zero-order valence-corrected chi connectivity index (χ0v) is 13.9. The highest BCUT2D eigenvalue weighted by molar-refractivity contribution is 9.10. The monoisotopic (exact) mass is 363 g/mol. The second kappa shape index (κ2) is 6.22. The Kier molecular flexibility index (Phi) is 4.31. The van der Waals surface area contributed by atoms with Gasteiger partial charge in [0.1, 0.15) is 5.56 Å². The minimum absolute atomic E-state index is 0.182. The number of rotatable bonds is 3. The second-order valence-corrected chi connectivity index (χ2v) is 6.51. The van der Waals surface area contributed by atoms with E-state index < -0.39 is 0 Å². The molecule has 2 N–H and O–H groups in total. The SMILES string of the molecule is COC(=O)c1cnn(-c2cccc(Br)c2)c1C1CC[C@@H](N)C1. The van der Waals surface area contributed by atoms with Crippen LogP contribution in [-0.2, 0) is 4.74 Å². The Morgan fingerprint density at radius 3 is 2.91 bits per heavy atom. The van der Waals surface area contributed by atoms with E-state index in [2.05, 4.69) is 21.0 Å². The molecule has 0 spiro atoms. The van der Waals surface area contributed by atoms with E-state index in [4.69, 9.17) is 10.5 Å². The topological polar surface area (TPSA) is 70.1 Å². The minimum atomic E-state index is -0.350. The zero-order chi connectivity index (χ0) is 15.7. The largest absolute Gasteiger partial charge is 0.465 e. The molecule has 1 fully saturated rings. The van der Waals surface area contributed by atoms with Gasteiger partial charge in [0, 0.05) is 16.4 Å². The summed E-state index contributed by atoms with van der Waals surface area (Å²) in [4.78, 5) is 12.1. The maximum atomic E-state index is 12.1. The van der Waals surface area contributed by atoms with Crippen molar-refractivity contribution < 1.29 is 9.53 Å². The lowest BCUT2D eigenvalue weighted by molar-refractivity contribution is 0.0599. The van der Waals surface area contributed by atoms with Gasteiger partial charge in [-0.2, -0.15) is 5.10 Å². The summed E-state index contributed by atoms with van der Waals surface area (Å²) >= 11 is 3.47. The number of aromatic nitrogens is 2. The van der Waals surface area contributed by atoms with Crippen LogP contribution in [0.1, 0.15) is 41.2 Å². The van der Waals surface area contributed by atoms with Crippen molar-refractivity contribution in [3.05, 3.63) is 46.2 Å². The van der Waals surface area contributed by atoms with Gasteiger partial charge in [0.25, 0.3) is 0 Å². The third-order valence-electron chi connectivity index (χ3n) is 4.12. The Bertz CT molecular complexity index is 698. The molecule has 0 saturated heterocycles. The Morgan fingerprint density at radius 2 is 2.27 bits per heavy atom. The van der Waals surface area contributed by atoms with Crippen LogP contribution in [0.4, 0.5) is 0 Å². The van der Waals surface area contributed by atoms with E-state index in [1.807, 2.05) is 28.9 Å². The van der Waals surface area contributed by atoms with Crippen LogP contribution in [0.2, 0.25) is 0 Å². The lowest BCUT2D eigenvalue weighted by Gasteiger charge is -2.15. The second-order valence-electron chi connectivity index (χ2n) is 5.60. The number of benzene rings is 1. The van der Waals surface area contributed by atoms with Gasteiger partial charge in [-0.25, -0.2) is 9.48 Å². The van der Waals surface area contributed by atoms with Gasteiger partial charge in [0.2, 0.25) is 0 Å². The average Bonchev–Trinajstić information content (AvgIpc) is 3.12. The molecule has 2 atom stereocenters. The number of esters is 1. The number of halogens is 1. The number of methoxy groups -OCH3 is 1. The van der Waals surface area contributed by atoms with E-state index in [1.54, 1.807) is 6.20 Å². The summed E-state index contributed by atoms with van der Waals surface area (Å²) in [5.41, 5.74) is 8.40. The van der Waals surface area contributed by atoms with Gasteiger partial charge >= 0.3 is 5.97 Å². The van der Waals surface area contributed by atoms with Gasteiger partial charge < -0.3 is 10.5 Å². The zero-order valence-electron chi connectivity index (χ0n) is 12.3. The first kappa shape index (κ1) is 15.2. The van der Waals surface area contributed by atoms with Gasteiger partial charge in [-0.05, 0) is 37.5 Å². The summed E-state index contributed by atoms with van der Waals surface area (Å²) in [6, 6.07) is 8.04. The molecule has 3 rings (SSSR count). The molecule has 1 unspecified atom stereocenters. The summed E-state index contributed by atoms with van der Waals surface area (Å²) in [6.07, 6.45) is 4.38. The van der Waals surface area contributed by atoms with E-state index >= 15 is 0 Å². The van der Waals surface area contributed by atoms with Gasteiger partial charge in [0.05, 0.1) is 24.7 Å². The van der Waals surface area contributed by atoms with E-state index in [0.717, 1.165) is 35.1 Å². The Balaban J connectivity index is 2.10. The molecule has 116 valence electrons. The summed E-state index contributed by atoms with van der Waals surface area (Å²) in [5, 5.41) is 4.42. The summed E-state index contributed by atoms with van der Waals surface area (Å²) in [6.45, 7) is 0. The van der Waals surface area contributed by atoms with E-state index in [1.165, 1.54) is 7.11 Å². The summed E-state index contributed by atoms with van der Waals surface area (Å²) < 4.78 is 7.70. The van der Waals surface area contributed by atoms with Crippen molar-refractivity contribution in [2.45, 2.75) is 31.2 Å². The lowest BCUT2D eigenvalue weighted by atomic mass is 9.99. The third-order valence-corrected chi connectivity index (χ3v) is 4.62. The highest BCUT2D eigenvalue weighted by atomic mass is 79.9. The Hall–Kier alpha value is -1.66. The maximum absolute atomic E-state index is 12.1. The Labute approximate surface area is 137 Å². The van der Waals surface area contributed by atoms with Crippen molar-refractivity contribution in [3.63, 3.8) is 0 Å². The van der Waals surface area contributed by atoms with Gasteiger partial charge in [0.15, 0.2) is 0 Å². The van der Waals surface area contributed by atoms with Crippen molar-refractivity contribution in [2.75, 3.05) is 7.11 Å². The third kappa shape index (κ3) is 2.80. The first-order valence-electron chi connectivity index (χ1n) is 7.28. The number of carbonyl (C=O) groups excluding carboxylic acids is 1. The molecule has 1 aliphatic carbocycles. The molecule has 0 amide bonds. The number of hydrogen-bond acceptors (Lipinski definition) is 4. The standard InChI is InChI=1S/C16H18BrN3O2/c1-22-16(21)14-9-19-20(13-4-2-3-11(17)8-13)15(14)10-5-6-12(18)7-10/h2-4,8-10,12H,5-7,18H2,1H3/t10?,12-/m1/s1. The van der Waals surface area contributed by atoms with Gasteiger partial charge in [-0.1, -0.05) is 22.0 Å². The highest BCUT2D eigenvalue weighted by Gasteiger charge is 2.31. The summed E-state index contributed by atoms with van der Waals surface area (Å²) in [7, 11) is 1.39. The predicted octanol–water partition coefficient (Wildman–Crippen LogP) is 3.02. The highest BCUT2D eigenvalue weighted by Crippen LogP contribution is 2.36. The van der Waals surface area contributed by atoms with Crippen molar-refractivity contribution in [1.82, 2.24) is 9.78 Å². The predicted molar refractivity (Wildman–Crippen MR) is 87.2 cm³/mol. The fraction of sp³-hybridized carbons (Fsp3) is 0.375. The van der Waals surface area contributed by atoms with Crippen LogP contribution < -0.4 is 5.73 Å². The van der Waals surface area contributed by atoms with Crippen LogP contribution in [0, 0.1) is 0 Å². The molecule has 5 nitrogen and oxygen atoms in total. The maximum Gasteiger partial charge on any atom is 0.341 e. The molecule has 1 aromatic carbocycles. The molecular weight excluding hydrogens is 346 g/mol. The molecule has 1 saturated carbocycles. The minimum Gasteiger partial charge on any atom is -0.465 e. The molecule has 6 heteroatoms. The molecule has 1 aromatic heterocycles. The van der Waals surface area contributed by atoms with Crippen LogP contribution in [0.15, 0.2) is 34.9 Å². The van der Waals surface area contributed by atoms with Crippen LogP contribution in [0.25, 0.3) is 5.69 Å². The van der Waals surface area contributed by atoms with Gasteiger partial charge in [-0.15, -0.1) is 0 Å². The van der Waals surface area contributed by atoms with Crippen LogP contribution in [0.3, 0.4) is 0 Å². The molecular formula is C16H18BrN3O2.